The van der Waals surface area contributed by atoms with E-state index in [-0.39, 0.29) is 23.4 Å². The van der Waals surface area contributed by atoms with Crippen LogP contribution in [0.1, 0.15) is 49.9 Å². The summed E-state index contributed by atoms with van der Waals surface area (Å²) in [6.07, 6.45) is 4.55. The fourth-order valence-corrected chi connectivity index (χ4v) is 4.37. The zero-order valence-corrected chi connectivity index (χ0v) is 17.0. The molecule has 5 nitrogen and oxygen atoms in total. The second-order valence-electron chi connectivity index (χ2n) is 8.44. The van der Waals surface area contributed by atoms with Crippen LogP contribution in [0.5, 0.6) is 0 Å². The van der Waals surface area contributed by atoms with Crippen LogP contribution in [0.3, 0.4) is 0 Å². The van der Waals surface area contributed by atoms with Gasteiger partial charge in [0.05, 0.1) is 11.6 Å². The van der Waals surface area contributed by atoms with E-state index >= 15 is 0 Å². The lowest BCUT2D eigenvalue weighted by molar-refractivity contribution is -0.129. The van der Waals surface area contributed by atoms with E-state index in [2.05, 4.69) is 24.1 Å². The van der Waals surface area contributed by atoms with Crippen molar-refractivity contribution in [1.82, 2.24) is 15.1 Å². The first-order chi connectivity index (χ1) is 13.5. The molecule has 154 valence electrons. The number of carbonyl (C=O) groups is 2. The van der Waals surface area contributed by atoms with Crippen molar-refractivity contribution in [3.05, 3.63) is 35.6 Å². The highest BCUT2D eigenvalue weighted by Gasteiger charge is 2.37. The largest absolute Gasteiger partial charge is 0.354 e. The maximum Gasteiger partial charge on any atom is 0.256 e. The van der Waals surface area contributed by atoms with E-state index in [1.165, 1.54) is 25.0 Å². The van der Waals surface area contributed by atoms with Crippen molar-refractivity contribution < 1.29 is 14.0 Å². The molecule has 0 unspecified atom stereocenters. The Hall–Kier alpha value is -1.95. The van der Waals surface area contributed by atoms with E-state index in [9.17, 15) is 14.0 Å². The average Bonchev–Trinajstić information content (AvgIpc) is 3.21. The Bertz CT molecular complexity index is 680. The topological polar surface area (TPSA) is 52.7 Å². The molecule has 3 rings (SSSR count). The van der Waals surface area contributed by atoms with Gasteiger partial charge in [-0.3, -0.25) is 14.5 Å². The molecule has 2 aliphatic rings. The normalized spacial score (nSPS) is 19.8. The summed E-state index contributed by atoms with van der Waals surface area (Å²) in [5.41, 5.74) is 0.123. The molecule has 1 aromatic rings. The van der Waals surface area contributed by atoms with Gasteiger partial charge in [-0.1, -0.05) is 38.8 Å². The molecule has 1 atom stereocenters. The van der Waals surface area contributed by atoms with Crippen LogP contribution in [0.15, 0.2) is 24.3 Å². The summed E-state index contributed by atoms with van der Waals surface area (Å²) >= 11 is 0. The second-order valence-corrected chi connectivity index (χ2v) is 8.44. The summed E-state index contributed by atoms with van der Waals surface area (Å²) in [6, 6.07) is 6.00. The molecule has 6 heteroatoms. The first-order valence-electron chi connectivity index (χ1n) is 10.5. The minimum absolute atomic E-state index is 0.119. The van der Waals surface area contributed by atoms with Gasteiger partial charge in [0.1, 0.15) is 5.82 Å². The predicted octanol–water partition coefficient (Wildman–Crippen LogP) is 2.91. The number of carbonyl (C=O) groups excluding carboxylic acids is 2. The summed E-state index contributed by atoms with van der Waals surface area (Å²) < 4.78 is 13.9. The Labute approximate surface area is 167 Å². The van der Waals surface area contributed by atoms with Crippen molar-refractivity contribution in [1.29, 1.82) is 0 Å². The van der Waals surface area contributed by atoms with Crippen molar-refractivity contribution in [3.8, 4) is 0 Å². The molecule has 0 bridgehead atoms. The van der Waals surface area contributed by atoms with Gasteiger partial charge in [0.15, 0.2) is 0 Å². The molecule has 1 aliphatic carbocycles. The molecule has 1 N–H and O–H groups in total. The van der Waals surface area contributed by atoms with E-state index in [0.29, 0.717) is 44.6 Å². The van der Waals surface area contributed by atoms with E-state index < -0.39 is 5.82 Å². The number of nitrogens with zero attached hydrogens (tertiary/aromatic N) is 2. The Morgan fingerprint density at radius 1 is 1.11 bits per heavy atom. The van der Waals surface area contributed by atoms with Crippen molar-refractivity contribution >= 4 is 11.8 Å². The molecule has 28 heavy (non-hydrogen) atoms. The Morgan fingerprint density at radius 3 is 2.36 bits per heavy atom. The first-order valence-corrected chi connectivity index (χ1v) is 10.5. The molecule has 1 saturated heterocycles. The van der Waals surface area contributed by atoms with Gasteiger partial charge in [-0.2, -0.15) is 0 Å². The summed E-state index contributed by atoms with van der Waals surface area (Å²) in [5.74, 6) is 0.185. The molecule has 1 heterocycles. The third-order valence-electron chi connectivity index (χ3n) is 5.90. The van der Waals surface area contributed by atoms with Crippen molar-refractivity contribution in [3.63, 3.8) is 0 Å². The van der Waals surface area contributed by atoms with Gasteiger partial charge >= 0.3 is 0 Å². The van der Waals surface area contributed by atoms with Crippen LogP contribution < -0.4 is 5.32 Å². The van der Waals surface area contributed by atoms with Crippen molar-refractivity contribution in [2.45, 2.75) is 45.6 Å². The van der Waals surface area contributed by atoms with Gasteiger partial charge in [0.2, 0.25) is 5.91 Å². The van der Waals surface area contributed by atoms with Crippen LogP contribution in [0.4, 0.5) is 4.39 Å². The van der Waals surface area contributed by atoms with Crippen LogP contribution in [0.2, 0.25) is 0 Å². The lowest BCUT2D eigenvalue weighted by atomic mass is 9.94. The van der Waals surface area contributed by atoms with Crippen LogP contribution >= 0.6 is 0 Å². The Kier molecular flexibility index (Phi) is 7.05. The highest BCUT2D eigenvalue weighted by Crippen LogP contribution is 2.31. The number of hydrogen-bond acceptors (Lipinski definition) is 3. The van der Waals surface area contributed by atoms with Crippen molar-refractivity contribution in [2.24, 2.45) is 11.8 Å². The minimum atomic E-state index is -0.480. The number of rotatable bonds is 6. The van der Waals surface area contributed by atoms with Gasteiger partial charge in [0.25, 0.3) is 5.91 Å². The highest BCUT2D eigenvalue weighted by atomic mass is 19.1. The molecule has 0 spiro atoms. The lowest BCUT2D eigenvalue weighted by Crippen LogP contribution is -2.58. The minimum Gasteiger partial charge on any atom is -0.354 e. The number of nitrogens with one attached hydrogen (secondary N) is 1. The Balaban J connectivity index is 1.63. The number of hydrogen-bond donors (Lipinski definition) is 1. The van der Waals surface area contributed by atoms with E-state index in [1.807, 2.05) is 0 Å². The maximum absolute atomic E-state index is 13.9. The van der Waals surface area contributed by atoms with Crippen LogP contribution in [0.25, 0.3) is 0 Å². The van der Waals surface area contributed by atoms with E-state index in [1.54, 1.807) is 17.0 Å². The molecule has 2 fully saturated rings. The molecule has 1 saturated carbocycles. The number of amides is 2. The van der Waals surface area contributed by atoms with Crippen molar-refractivity contribution in [2.75, 3.05) is 32.7 Å². The fourth-order valence-electron chi connectivity index (χ4n) is 4.37. The summed E-state index contributed by atoms with van der Waals surface area (Å²) in [5, 5.41) is 3.11. The van der Waals surface area contributed by atoms with Crippen LogP contribution in [0, 0.1) is 17.7 Å². The van der Waals surface area contributed by atoms with Gasteiger partial charge in [0, 0.05) is 32.7 Å². The third kappa shape index (κ3) is 4.90. The number of benzene rings is 1. The molecule has 0 radical (unpaired) electrons. The third-order valence-corrected chi connectivity index (χ3v) is 5.90. The van der Waals surface area contributed by atoms with E-state index in [0.717, 1.165) is 12.8 Å². The number of piperazine rings is 1. The smallest absolute Gasteiger partial charge is 0.256 e. The SMILES string of the molecule is CC(C)CNC(=O)[C@@H](C1CCCC1)N1CCN(C(=O)c2ccccc2F)CC1. The number of halogens is 1. The molecule has 0 aromatic heterocycles. The molecular formula is C22H32FN3O2. The maximum atomic E-state index is 13.9. The van der Waals surface area contributed by atoms with Gasteiger partial charge in [-0.25, -0.2) is 4.39 Å². The summed E-state index contributed by atoms with van der Waals surface area (Å²) in [7, 11) is 0. The molecule has 2 amide bonds. The van der Waals surface area contributed by atoms with E-state index in [4.69, 9.17) is 0 Å². The molecule has 1 aliphatic heterocycles. The summed E-state index contributed by atoms with van der Waals surface area (Å²) in [4.78, 5) is 29.5. The van der Waals surface area contributed by atoms with Gasteiger partial charge < -0.3 is 10.2 Å². The van der Waals surface area contributed by atoms with Gasteiger partial charge in [-0.15, -0.1) is 0 Å². The zero-order valence-electron chi connectivity index (χ0n) is 17.0. The highest BCUT2D eigenvalue weighted by molar-refractivity contribution is 5.94. The van der Waals surface area contributed by atoms with Gasteiger partial charge in [-0.05, 0) is 36.8 Å². The first kappa shape index (κ1) is 20.8. The Morgan fingerprint density at radius 2 is 1.75 bits per heavy atom. The summed E-state index contributed by atoms with van der Waals surface area (Å²) in [6.45, 7) is 7.22. The molecule has 1 aromatic carbocycles. The predicted molar refractivity (Wildman–Crippen MR) is 107 cm³/mol. The monoisotopic (exact) mass is 389 g/mol. The second kappa shape index (κ2) is 9.50. The molecular weight excluding hydrogens is 357 g/mol. The quantitative estimate of drug-likeness (QED) is 0.814. The lowest BCUT2D eigenvalue weighted by Gasteiger charge is -2.40. The van der Waals surface area contributed by atoms with Crippen LogP contribution in [-0.4, -0.2) is 60.4 Å². The zero-order chi connectivity index (χ0) is 20.1. The van der Waals surface area contributed by atoms with Crippen LogP contribution in [-0.2, 0) is 4.79 Å². The standard InChI is InChI=1S/C22H32FN3O2/c1-16(2)15-24-21(27)20(17-7-3-4-8-17)25-11-13-26(14-12-25)22(28)18-9-5-6-10-19(18)23/h5-6,9-10,16-17,20H,3-4,7-8,11-15H2,1-2H3,(H,24,27)/t20-/m1/s1. The fraction of sp³-hybridized carbons (Fsp3) is 0.636. The average molecular weight is 390 g/mol.